The van der Waals surface area contributed by atoms with Crippen molar-refractivity contribution in [3.63, 3.8) is 0 Å². The van der Waals surface area contributed by atoms with Crippen molar-refractivity contribution in [3.8, 4) is 0 Å². The number of hydrogen-bond donors (Lipinski definition) is 2. The van der Waals surface area contributed by atoms with Crippen LogP contribution in [0.4, 0.5) is 0 Å². The summed E-state index contributed by atoms with van der Waals surface area (Å²) in [6.45, 7) is -0.226. The fourth-order valence-electron chi connectivity index (χ4n) is 3.30. The zero-order chi connectivity index (χ0) is 17.9. The van der Waals surface area contributed by atoms with Crippen LogP contribution < -0.4 is 11.1 Å². The molecule has 25 heavy (non-hydrogen) atoms. The zero-order valence-electron chi connectivity index (χ0n) is 13.7. The summed E-state index contributed by atoms with van der Waals surface area (Å²) < 4.78 is 5.40. The molecule has 0 aromatic heterocycles. The first-order chi connectivity index (χ1) is 12.0. The highest BCUT2D eigenvalue weighted by Crippen LogP contribution is 2.42. The van der Waals surface area contributed by atoms with E-state index >= 15 is 0 Å². The summed E-state index contributed by atoms with van der Waals surface area (Å²) in [5.41, 5.74) is 3.71. The summed E-state index contributed by atoms with van der Waals surface area (Å²) in [5.74, 6) is 0.0675. The van der Waals surface area contributed by atoms with Crippen molar-refractivity contribution in [1.82, 2.24) is 5.32 Å². The van der Waals surface area contributed by atoms with Gasteiger partial charge < -0.3 is 15.8 Å². The molecule has 0 radical (unpaired) electrons. The van der Waals surface area contributed by atoms with E-state index in [1.54, 1.807) is 17.8 Å². The normalized spacial score (nSPS) is 27.3. The van der Waals surface area contributed by atoms with Gasteiger partial charge in [-0.1, -0.05) is 36.4 Å². The van der Waals surface area contributed by atoms with Crippen LogP contribution in [0.3, 0.4) is 0 Å². The molecule has 3 N–H and O–H groups in total. The molecule has 1 saturated heterocycles. The Morgan fingerprint density at radius 3 is 2.76 bits per heavy atom. The lowest BCUT2D eigenvalue weighted by Gasteiger charge is -2.35. The third kappa shape index (κ3) is 3.09. The van der Waals surface area contributed by atoms with Crippen molar-refractivity contribution in [2.75, 3.05) is 12.4 Å². The Kier molecular flexibility index (Phi) is 4.96. The van der Waals surface area contributed by atoms with Crippen LogP contribution in [0.25, 0.3) is 0 Å². The first-order valence-corrected chi connectivity index (χ1v) is 9.23. The van der Waals surface area contributed by atoms with Gasteiger partial charge >= 0.3 is 0 Å². The quantitative estimate of drug-likeness (QED) is 0.557. The van der Waals surface area contributed by atoms with Gasteiger partial charge in [-0.15, -0.1) is 0 Å². The minimum Gasteiger partial charge on any atom is -0.367 e. The number of rotatable bonds is 7. The van der Waals surface area contributed by atoms with Crippen LogP contribution in [-0.2, 0) is 24.9 Å². The van der Waals surface area contributed by atoms with Crippen LogP contribution in [0.15, 0.2) is 42.5 Å². The zero-order valence-corrected chi connectivity index (χ0v) is 14.5. The molecule has 1 aromatic rings. The number of primary amides is 1. The van der Waals surface area contributed by atoms with Crippen LogP contribution in [0.5, 0.6) is 0 Å². The molecule has 2 atom stereocenters. The maximum Gasteiger partial charge on any atom is 0.256 e. The molecule has 1 aliphatic heterocycles. The summed E-state index contributed by atoms with van der Waals surface area (Å²) in [4.78, 5) is 36.6. The number of amides is 2. The number of hydrogen-bond acceptors (Lipinski definition) is 5. The third-order valence-corrected chi connectivity index (χ3v) is 5.65. The van der Waals surface area contributed by atoms with E-state index in [4.69, 9.17) is 10.5 Å². The van der Waals surface area contributed by atoms with E-state index in [2.05, 4.69) is 5.32 Å². The van der Waals surface area contributed by atoms with Crippen molar-refractivity contribution < 1.29 is 19.1 Å². The predicted octanol–water partition coefficient (Wildman–Crippen LogP) is 0.948. The van der Waals surface area contributed by atoms with Gasteiger partial charge in [0, 0.05) is 17.9 Å². The van der Waals surface area contributed by atoms with Gasteiger partial charge in [0.15, 0.2) is 11.4 Å². The fraction of sp³-hybridized carbons (Fsp3) is 0.389. The van der Waals surface area contributed by atoms with E-state index in [-0.39, 0.29) is 31.1 Å². The van der Waals surface area contributed by atoms with E-state index in [1.807, 2.05) is 30.3 Å². The Bertz CT molecular complexity index is 721. The Morgan fingerprint density at radius 1 is 1.28 bits per heavy atom. The number of carbonyl (C=O) groups excluding carboxylic acids is 3. The topological polar surface area (TPSA) is 98.5 Å². The SMILES string of the molecule is NC(=O)C12C=CCC1(NC(=O)CCSCc1ccccc1)C(=O)CO2. The third-order valence-electron chi connectivity index (χ3n) is 4.62. The highest BCUT2D eigenvalue weighted by atomic mass is 32.2. The molecule has 2 aliphatic rings. The number of nitrogens with two attached hydrogens (primary N) is 1. The van der Waals surface area contributed by atoms with E-state index in [9.17, 15) is 14.4 Å². The first kappa shape index (κ1) is 17.7. The molecule has 0 bridgehead atoms. The fourth-order valence-corrected chi connectivity index (χ4v) is 4.20. The molecule has 6 nitrogen and oxygen atoms in total. The number of benzene rings is 1. The molecule has 1 fully saturated rings. The molecule has 1 aliphatic carbocycles. The highest BCUT2D eigenvalue weighted by molar-refractivity contribution is 7.98. The van der Waals surface area contributed by atoms with E-state index in [0.717, 1.165) is 5.75 Å². The molecule has 1 aromatic carbocycles. The summed E-state index contributed by atoms with van der Waals surface area (Å²) >= 11 is 1.64. The Balaban J connectivity index is 1.57. The highest BCUT2D eigenvalue weighted by Gasteiger charge is 2.66. The van der Waals surface area contributed by atoms with Gasteiger partial charge in [0.2, 0.25) is 5.91 Å². The van der Waals surface area contributed by atoms with Gasteiger partial charge in [-0.2, -0.15) is 11.8 Å². The number of thioether (sulfide) groups is 1. The second kappa shape index (κ2) is 7.01. The molecule has 132 valence electrons. The Hall–Kier alpha value is -2.12. The number of carbonyl (C=O) groups is 3. The van der Waals surface area contributed by atoms with Crippen molar-refractivity contribution in [3.05, 3.63) is 48.0 Å². The van der Waals surface area contributed by atoms with Crippen LogP contribution in [0, 0.1) is 0 Å². The second-order valence-electron chi connectivity index (χ2n) is 6.16. The van der Waals surface area contributed by atoms with Crippen molar-refractivity contribution in [1.29, 1.82) is 0 Å². The largest absolute Gasteiger partial charge is 0.367 e. The number of ketones is 1. The van der Waals surface area contributed by atoms with E-state index in [1.165, 1.54) is 11.6 Å². The second-order valence-corrected chi connectivity index (χ2v) is 7.27. The summed E-state index contributed by atoms with van der Waals surface area (Å²) in [7, 11) is 0. The maximum atomic E-state index is 12.3. The smallest absolute Gasteiger partial charge is 0.256 e. The van der Waals surface area contributed by atoms with Crippen LogP contribution in [-0.4, -0.2) is 41.1 Å². The first-order valence-electron chi connectivity index (χ1n) is 8.08. The summed E-state index contributed by atoms with van der Waals surface area (Å²) in [5, 5.41) is 2.73. The summed E-state index contributed by atoms with van der Waals surface area (Å²) in [6, 6.07) is 9.98. The van der Waals surface area contributed by atoms with Crippen LogP contribution >= 0.6 is 11.8 Å². The van der Waals surface area contributed by atoms with Crippen LogP contribution in [0.1, 0.15) is 18.4 Å². The van der Waals surface area contributed by atoms with Gasteiger partial charge in [0.1, 0.15) is 12.1 Å². The van der Waals surface area contributed by atoms with Gasteiger partial charge in [0.25, 0.3) is 5.91 Å². The standard InChI is InChI=1S/C18H20N2O4S/c19-16(23)18-9-4-8-17(18,14(21)11-24-18)20-15(22)7-10-25-12-13-5-2-1-3-6-13/h1-6,9H,7-8,10-12H2,(H2,19,23)(H,20,22). The van der Waals surface area contributed by atoms with Gasteiger partial charge in [-0.05, 0) is 18.1 Å². The van der Waals surface area contributed by atoms with Crippen molar-refractivity contribution in [2.45, 2.75) is 29.7 Å². The molecule has 0 saturated carbocycles. The summed E-state index contributed by atoms with van der Waals surface area (Å²) in [6.07, 6.45) is 3.62. The van der Waals surface area contributed by atoms with Crippen molar-refractivity contribution >= 4 is 29.4 Å². The molecule has 2 amide bonds. The van der Waals surface area contributed by atoms with Gasteiger partial charge in [-0.3, -0.25) is 14.4 Å². The van der Waals surface area contributed by atoms with Crippen molar-refractivity contribution in [2.24, 2.45) is 5.73 Å². The minimum atomic E-state index is -1.56. The van der Waals surface area contributed by atoms with Crippen LogP contribution in [0.2, 0.25) is 0 Å². The Morgan fingerprint density at radius 2 is 2.04 bits per heavy atom. The molecule has 1 heterocycles. The molecular weight excluding hydrogens is 340 g/mol. The average molecular weight is 360 g/mol. The minimum absolute atomic E-state index is 0.220. The Labute approximate surface area is 150 Å². The number of nitrogens with one attached hydrogen (secondary N) is 1. The van der Waals surface area contributed by atoms with E-state index in [0.29, 0.717) is 5.75 Å². The maximum absolute atomic E-state index is 12.3. The monoisotopic (exact) mass is 360 g/mol. The molecule has 3 rings (SSSR count). The lowest BCUT2D eigenvalue weighted by molar-refractivity contribution is -0.140. The molecule has 0 spiro atoms. The number of ether oxygens (including phenoxy) is 1. The lowest BCUT2D eigenvalue weighted by atomic mass is 9.80. The predicted molar refractivity (Wildman–Crippen MR) is 94.7 cm³/mol. The molecule has 7 heteroatoms. The molecule has 2 unspecified atom stereocenters. The van der Waals surface area contributed by atoms with Gasteiger partial charge in [0.05, 0.1) is 0 Å². The number of fused-ring (bicyclic) bond motifs is 1. The van der Waals surface area contributed by atoms with Gasteiger partial charge in [-0.25, -0.2) is 0 Å². The molecular formula is C18H20N2O4S. The average Bonchev–Trinajstić information content (AvgIpc) is 3.09. The lowest BCUT2D eigenvalue weighted by Crippen LogP contribution is -2.67. The van der Waals surface area contributed by atoms with E-state index < -0.39 is 17.0 Å². The number of Topliss-reactive ketones (excluding diaryl/α,β-unsaturated/α-hetero) is 1.